The van der Waals surface area contributed by atoms with Gasteiger partial charge < -0.3 is 0 Å². The van der Waals surface area contributed by atoms with Crippen molar-refractivity contribution in [3.05, 3.63) is 58.4 Å². The number of halogens is 3. The van der Waals surface area contributed by atoms with Crippen LogP contribution in [-0.4, -0.2) is 15.6 Å². The van der Waals surface area contributed by atoms with E-state index in [0.717, 1.165) is 17.8 Å². The molecule has 0 fully saturated rings. The summed E-state index contributed by atoms with van der Waals surface area (Å²) in [5.41, 5.74) is 1.58. The SMILES string of the molecule is Cn1ncc2c1CC/C(=C\c1cccc(C(F)(F)F)c1)C2=O. The number of carbonyl (C=O) groups is 1. The van der Waals surface area contributed by atoms with Crippen molar-refractivity contribution in [2.45, 2.75) is 19.0 Å². The second-order valence-corrected chi connectivity index (χ2v) is 5.25. The van der Waals surface area contributed by atoms with E-state index < -0.39 is 11.7 Å². The largest absolute Gasteiger partial charge is 0.416 e. The molecule has 0 atom stereocenters. The maximum absolute atomic E-state index is 12.7. The van der Waals surface area contributed by atoms with E-state index in [1.54, 1.807) is 17.8 Å². The number of carbonyl (C=O) groups excluding carboxylic acids is 1. The summed E-state index contributed by atoms with van der Waals surface area (Å²) in [6.45, 7) is 0. The Bertz CT molecular complexity index is 772. The standard InChI is InChI=1S/C16H13F3N2O/c1-21-14-6-5-11(15(22)13(14)9-20-21)7-10-3-2-4-12(8-10)16(17,18)19/h2-4,7-9H,5-6H2,1H3/b11-7+. The number of allylic oxidation sites excluding steroid dienone is 1. The van der Waals surface area contributed by atoms with Crippen molar-refractivity contribution in [1.82, 2.24) is 9.78 Å². The van der Waals surface area contributed by atoms with Crippen LogP contribution in [0.1, 0.15) is 33.6 Å². The highest BCUT2D eigenvalue weighted by Crippen LogP contribution is 2.31. The minimum Gasteiger partial charge on any atom is -0.289 e. The van der Waals surface area contributed by atoms with Gasteiger partial charge in [-0.15, -0.1) is 0 Å². The number of Topliss-reactive ketones (excluding diaryl/α,β-unsaturated/α-hetero) is 1. The zero-order valence-corrected chi connectivity index (χ0v) is 11.8. The van der Waals surface area contributed by atoms with Gasteiger partial charge in [-0.2, -0.15) is 18.3 Å². The number of hydrogen-bond acceptors (Lipinski definition) is 2. The maximum atomic E-state index is 12.7. The van der Waals surface area contributed by atoms with Crippen molar-refractivity contribution in [2.24, 2.45) is 7.05 Å². The van der Waals surface area contributed by atoms with Crippen LogP contribution >= 0.6 is 0 Å². The molecule has 0 saturated heterocycles. The van der Waals surface area contributed by atoms with Crippen LogP contribution in [0.4, 0.5) is 13.2 Å². The van der Waals surface area contributed by atoms with Crippen LogP contribution in [0, 0.1) is 0 Å². The Balaban J connectivity index is 1.95. The normalized spacial score (nSPS) is 16.9. The van der Waals surface area contributed by atoms with Crippen molar-refractivity contribution in [1.29, 1.82) is 0 Å². The summed E-state index contributed by atoms with van der Waals surface area (Å²) in [4.78, 5) is 12.4. The molecule has 2 aromatic rings. The van der Waals surface area contributed by atoms with Crippen molar-refractivity contribution in [3.8, 4) is 0 Å². The maximum Gasteiger partial charge on any atom is 0.416 e. The third-order valence-corrected chi connectivity index (χ3v) is 3.78. The van der Waals surface area contributed by atoms with Crippen molar-refractivity contribution in [3.63, 3.8) is 0 Å². The molecule has 3 rings (SSSR count). The molecule has 6 heteroatoms. The average Bonchev–Trinajstić information content (AvgIpc) is 2.84. The number of fused-ring (bicyclic) bond motifs is 1. The number of nitrogens with zero attached hydrogens (tertiary/aromatic N) is 2. The summed E-state index contributed by atoms with van der Waals surface area (Å²) in [6.07, 6.45) is -0.185. The van der Waals surface area contributed by atoms with Crippen molar-refractivity contribution in [2.75, 3.05) is 0 Å². The van der Waals surface area contributed by atoms with Crippen LogP contribution in [0.5, 0.6) is 0 Å². The molecule has 0 saturated carbocycles. The van der Waals surface area contributed by atoms with Gasteiger partial charge in [0.1, 0.15) is 0 Å². The Labute approximate surface area is 125 Å². The van der Waals surface area contributed by atoms with Gasteiger partial charge in [0.15, 0.2) is 5.78 Å². The predicted molar refractivity (Wildman–Crippen MR) is 75.3 cm³/mol. The van der Waals surface area contributed by atoms with E-state index in [1.807, 2.05) is 0 Å². The third-order valence-electron chi connectivity index (χ3n) is 3.78. The zero-order chi connectivity index (χ0) is 15.9. The highest BCUT2D eigenvalue weighted by Gasteiger charge is 2.30. The van der Waals surface area contributed by atoms with Gasteiger partial charge in [-0.1, -0.05) is 12.1 Å². The lowest BCUT2D eigenvalue weighted by Crippen LogP contribution is -2.15. The van der Waals surface area contributed by atoms with Gasteiger partial charge >= 0.3 is 6.18 Å². The van der Waals surface area contributed by atoms with E-state index in [4.69, 9.17) is 0 Å². The average molecular weight is 306 g/mol. The molecule has 0 radical (unpaired) electrons. The number of rotatable bonds is 1. The third kappa shape index (κ3) is 2.56. The van der Waals surface area contributed by atoms with Crippen molar-refractivity contribution >= 4 is 11.9 Å². The Morgan fingerprint density at radius 2 is 2.05 bits per heavy atom. The molecule has 0 unspecified atom stereocenters. The van der Waals surface area contributed by atoms with Crippen LogP contribution in [0.2, 0.25) is 0 Å². The molecular formula is C16H13F3N2O. The molecular weight excluding hydrogens is 293 g/mol. The highest BCUT2D eigenvalue weighted by atomic mass is 19.4. The fourth-order valence-electron chi connectivity index (χ4n) is 2.63. The minimum absolute atomic E-state index is 0.160. The first-order valence-electron chi connectivity index (χ1n) is 6.79. The molecule has 0 bridgehead atoms. The highest BCUT2D eigenvalue weighted by molar-refractivity contribution is 6.12. The number of alkyl halides is 3. The van der Waals surface area contributed by atoms with E-state index in [9.17, 15) is 18.0 Å². The Kier molecular flexibility index (Phi) is 3.39. The van der Waals surface area contributed by atoms with E-state index in [1.165, 1.54) is 18.3 Å². The molecule has 0 aliphatic heterocycles. The zero-order valence-electron chi connectivity index (χ0n) is 11.8. The second kappa shape index (κ2) is 5.12. The van der Waals surface area contributed by atoms with Gasteiger partial charge in [-0.25, -0.2) is 0 Å². The van der Waals surface area contributed by atoms with Crippen LogP contribution < -0.4 is 0 Å². The minimum atomic E-state index is -4.39. The van der Waals surface area contributed by atoms with Gasteiger partial charge in [0.2, 0.25) is 0 Å². The smallest absolute Gasteiger partial charge is 0.289 e. The molecule has 1 heterocycles. The summed E-state index contributed by atoms with van der Waals surface area (Å²) in [7, 11) is 1.77. The summed E-state index contributed by atoms with van der Waals surface area (Å²) >= 11 is 0. The summed E-state index contributed by atoms with van der Waals surface area (Å²) < 4.78 is 39.8. The topological polar surface area (TPSA) is 34.9 Å². The number of hydrogen-bond donors (Lipinski definition) is 0. The van der Waals surface area contributed by atoms with Gasteiger partial charge in [-0.3, -0.25) is 9.48 Å². The fourth-order valence-corrected chi connectivity index (χ4v) is 2.63. The van der Waals surface area contributed by atoms with Crippen LogP contribution in [-0.2, 0) is 19.6 Å². The Morgan fingerprint density at radius 1 is 1.27 bits per heavy atom. The number of benzene rings is 1. The van der Waals surface area contributed by atoms with Gasteiger partial charge in [0.05, 0.1) is 17.3 Å². The molecule has 3 nitrogen and oxygen atoms in total. The molecule has 1 aliphatic carbocycles. The number of ketones is 1. The van der Waals surface area contributed by atoms with Gasteiger partial charge in [-0.05, 0) is 36.6 Å². The lowest BCUT2D eigenvalue weighted by molar-refractivity contribution is -0.137. The molecule has 1 aromatic heterocycles. The summed E-state index contributed by atoms with van der Waals surface area (Å²) in [5.74, 6) is -0.160. The summed E-state index contributed by atoms with van der Waals surface area (Å²) in [6, 6.07) is 4.98. The van der Waals surface area contributed by atoms with E-state index in [2.05, 4.69) is 5.10 Å². The fraction of sp³-hybridized carbons (Fsp3) is 0.250. The number of aromatic nitrogens is 2. The summed E-state index contributed by atoms with van der Waals surface area (Å²) in [5, 5.41) is 4.06. The molecule has 22 heavy (non-hydrogen) atoms. The molecule has 0 N–H and O–H groups in total. The second-order valence-electron chi connectivity index (χ2n) is 5.25. The van der Waals surface area contributed by atoms with Crippen molar-refractivity contribution < 1.29 is 18.0 Å². The van der Waals surface area contributed by atoms with Crippen LogP contribution in [0.25, 0.3) is 6.08 Å². The van der Waals surface area contributed by atoms with Crippen LogP contribution in [0.3, 0.4) is 0 Å². The lowest BCUT2D eigenvalue weighted by Gasteiger charge is -2.15. The number of aryl methyl sites for hydroxylation is 1. The first-order valence-corrected chi connectivity index (χ1v) is 6.79. The lowest BCUT2D eigenvalue weighted by atomic mass is 9.90. The van der Waals surface area contributed by atoms with Crippen LogP contribution in [0.15, 0.2) is 36.0 Å². The Morgan fingerprint density at radius 3 is 2.77 bits per heavy atom. The quantitative estimate of drug-likeness (QED) is 0.754. The van der Waals surface area contributed by atoms with E-state index >= 15 is 0 Å². The molecule has 1 aromatic carbocycles. The Hall–Kier alpha value is -2.37. The molecule has 114 valence electrons. The molecule has 0 spiro atoms. The van der Waals surface area contributed by atoms with E-state index in [0.29, 0.717) is 29.5 Å². The molecule has 1 aliphatic rings. The van der Waals surface area contributed by atoms with Gasteiger partial charge in [0.25, 0.3) is 0 Å². The van der Waals surface area contributed by atoms with Gasteiger partial charge in [0, 0.05) is 18.3 Å². The van der Waals surface area contributed by atoms with E-state index in [-0.39, 0.29) is 5.78 Å². The predicted octanol–water partition coefficient (Wildman–Crippen LogP) is 3.65. The monoisotopic (exact) mass is 306 g/mol. The molecule has 0 amide bonds. The first kappa shape index (κ1) is 14.6. The first-order chi connectivity index (χ1) is 10.4.